The van der Waals surface area contributed by atoms with Crippen LogP contribution in [-0.2, 0) is 22.6 Å². The van der Waals surface area contributed by atoms with Gasteiger partial charge in [-0.25, -0.2) is 4.39 Å². The van der Waals surface area contributed by atoms with E-state index >= 15 is 0 Å². The van der Waals surface area contributed by atoms with E-state index in [1.807, 2.05) is 24.3 Å². The van der Waals surface area contributed by atoms with Crippen molar-refractivity contribution < 1.29 is 18.7 Å². The molecule has 0 unspecified atom stereocenters. The molecule has 0 spiro atoms. The van der Waals surface area contributed by atoms with E-state index in [2.05, 4.69) is 5.32 Å². The van der Waals surface area contributed by atoms with Crippen molar-refractivity contribution in [3.8, 4) is 5.75 Å². The highest BCUT2D eigenvalue weighted by molar-refractivity contribution is 5.83. The molecule has 1 fully saturated rings. The largest absolute Gasteiger partial charge is 0.496 e. The second-order valence-electron chi connectivity index (χ2n) is 7.31. The Balaban J connectivity index is 1.48. The predicted octanol–water partition coefficient (Wildman–Crippen LogP) is 3.32. The van der Waals surface area contributed by atoms with Gasteiger partial charge in [0.25, 0.3) is 0 Å². The van der Waals surface area contributed by atoms with Gasteiger partial charge in [-0.05, 0) is 37.0 Å². The summed E-state index contributed by atoms with van der Waals surface area (Å²) in [6, 6.07) is 14.3. The van der Waals surface area contributed by atoms with Gasteiger partial charge in [-0.2, -0.15) is 0 Å². The zero-order valence-corrected chi connectivity index (χ0v) is 16.7. The standard InChI is InChI=1S/C23H27FN2O3/c1-29-21-11-5-3-7-17(21)9-6-14-25-23(28)19-12-13-22(27)26(16-19)15-18-8-2-4-10-20(18)24/h2-5,7-8,10-11,19H,6,9,12-16H2,1H3,(H,25,28)/t19-/m1/s1. The molecular weight excluding hydrogens is 371 g/mol. The van der Waals surface area contributed by atoms with Crippen molar-refractivity contribution in [2.75, 3.05) is 20.2 Å². The average Bonchev–Trinajstić information content (AvgIpc) is 2.74. The fraction of sp³-hybridized carbons (Fsp3) is 0.391. The van der Waals surface area contributed by atoms with Gasteiger partial charge in [-0.1, -0.05) is 36.4 Å². The van der Waals surface area contributed by atoms with Crippen LogP contribution in [0.5, 0.6) is 5.75 Å². The van der Waals surface area contributed by atoms with Gasteiger partial charge in [0.15, 0.2) is 0 Å². The maximum atomic E-state index is 13.9. The number of aryl methyl sites for hydroxylation is 1. The first-order valence-corrected chi connectivity index (χ1v) is 9.99. The summed E-state index contributed by atoms with van der Waals surface area (Å²) < 4.78 is 19.2. The number of benzene rings is 2. The topological polar surface area (TPSA) is 58.6 Å². The summed E-state index contributed by atoms with van der Waals surface area (Å²) in [6.07, 6.45) is 2.46. The summed E-state index contributed by atoms with van der Waals surface area (Å²) in [5.74, 6) is 0.187. The van der Waals surface area contributed by atoms with Crippen LogP contribution in [0.4, 0.5) is 4.39 Å². The van der Waals surface area contributed by atoms with Gasteiger partial charge in [0.05, 0.1) is 13.0 Å². The lowest BCUT2D eigenvalue weighted by Crippen LogP contribution is -2.45. The smallest absolute Gasteiger partial charge is 0.224 e. The van der Waals surface area contributed by atoms with Crippen LogP contribution in [0.1, 0.15) is 30.4 Å². The number of methoxy groups -OCH3 is 1. The normalized spacial score (nSPS) is 16.6. The molecule has 0 aromatic heterocycles. The molecule has 1 atom stereocenters. The number of para-hydroxylation sites is 1. The van der Waals surface area contributed by atoms with Crippen LogP contribution in [0.15, 0.2) is 48.5 Å². The van der Waals surface area contributed by atoms with Crippen molar-refractivity contribution in [1.82, 2.24) is 10.2 Å². The van der Waals surface area contributed by atoms with Crippen LogP contribution in [0, 0.1) is 11.7 Å². The molecule has 2 amide bonds. The minimum atomic E-state index is -0.330. The van der Waals surface area contributed by atoms with Crippen molar-refractivity contribution in [3.05, 3.63) is 65.5 Å². The van der Waals surface area contributed by atoms with Gasteiger partial charge in [-0.15, -0.1) is 0 Å². The number of piperidine rings is 1. The number of carbonyl (C=O) groups is 2. The Kier molecular flexibility index (Phi) is 7.22. The second kappa shape index (κ2) is 10.0. The molecule has 5 nitrogen and oxygen atoms in total. The molecule has 1 N–H and O–H groups in total. The molecule has 29 heavy (non-hydrogen) atoms. The Bertz CT molecular complexity index is 856. The third kappa shape index (κ3) is 5.56. The molecule has 2 aromatic rings. The molecule has 0 bridgehead atoms. The number of hydrogen-bond acceptors (Lipinski definition) is 3. The highest BCUT2D eigenvalue weighted by atomic mass is 19.1. The van der Waals surface area contributed by atoms with Crippen LogP contribution in [-0.4, -0.2) is 36.9 Å². The van der Waals surface area contributed by atoms with Gasteiger partial charge in [0.1, 0.15) is 11.6 Å². The maximum absolute atomic E-state index is 13.9. The number of nitrogens with one attached hydrogen (secondary N) is 1. The zero-order valence-electron chi connectivity index (χ0n) is 16.7. The first-order valence-electron chi connectivity index (χ1n) is 9.99. The van der Waals surface area contributed by atoms with E-state index in [1.165, 1.54) is 6.07 Å². The van der Waals surface area contributed by atoms with E-state index < -0.39 is 0 Å². The monoisotopic (exact) mass is 398 g/mol. The summed E-state index contributed by atoms with van der Waals surface area (Å²) in [6.45, 7) is 1.09. The summed E-state index contributed by atoms with van der Waals surface area (Å²) in [4.78, 5) is 26.4. The van der Waals surface area contributed by atoms with Crippen molar-refractivity contribution in [2.45, 2.75) is 32.2 Å². The van der Waals surface area contributed by atoms with Gasteiger partial charge >= 0.3 is 0 Å². The summed E-state index contributed by atoms with van der Waals surface area (Å²) in [5, 5.41) is 2.98. The van der Waals surface area contributed by atoms with Crippen molar-refractivity contribution >= 4 is 11.8 Å². The molecular formula is C23H27FN2O3. The lowest BCUT2D eigenvalue weighted by molar-refractivity contribution is -0.138. The van der Waals surface area contributed by atoms with Crippen LogP contribution in [0.3, 0.4) is 0 Å². The average molecular weight is 398 g/mol. The maximum Gasteiger partial charge on any atom is 0.224 e. The van der Waals surface area contributed by atoms with Gasteiger partial charge < -0.3 is 15.0 Å². The number of carbonyl (C=O) groups excluding carboxylic acids is 2. The van der Waals surface area contributed by atoms with E-state index in [0.29, 0.717) is 31.5 Å². The Labute approximate surface area is 170 Å². The number of halogens is 1. The lowest BCUT2D eigenvalue weighted by Gasteiger charge is -2.32. The summed E-state index contributed by atoms with van der Waals surface area (Å²) in [7, 11) is 1.65. The Morgan fingerprint density at radius 2 is 1.90 bits per heavy atom. The first-order chi connectivity index (χ1) is 14.1. The van der Waals surface area contributed by atoms with E-state index in [-0.39, 0.29) is 30.1 Å². The molecule has 1 heterocycles. The van der Waals surface area contributed by atoms with E-state index in [9.17, 15) is 14.0 Å². The molecule has 6 heteroatoms. The van der Waals surface area contributed by atoms with Gasteiger partial charge in [-0.3, -0.25) is 9.59 Å². The van der Waals surface area contributed by atoms with Crippen molar-refractivity contribution in [2.24, 2.45) is 5.92 Å². The van der Waals surface area contributed by atoms with Crippen molar-refractivity contribution in [3.63, 3.8) is 0 Å². The molecule has 2 aromatic carbocycles. The van der Waals surface area contributed by atoms with E-state index in [1.54, 1.807) is 30.2 Å². The first kappa shape index (κ1) is 20.8. The predicted molar refractivity (Wildman–Crippen MR) is 109 cm³/mol. The Morgan fingerprint density at radius 3 is 2.66 bits per heavy atom. The SMILES string of the molecule is COc1ccccc1CCCNC(=O)[C@@H]1CCC(=O)N(Cc2ccccc2F)C1. The Morgan fingerprint density at radius 1 is 1.17 bits per heavy atom. The zero-order chi connectivity index (χ0) is 20.6. The number of hydrogen-bond donors (Lipinski definition) is 1. The summed E-state index contributed by atoms with van der Waals surface area (Å²) in [5.41, 5.74) is 1.59. The fourth-order valence-corrected chi connectivity index (χ4v) is 3.66. The Hall–Kier alpha value is -2.89. The van der Waals surface area contributed by atoms with Crippen LogP contribution in [0.2, 0.25) is 0 Å². The van der Waals surface area contributed by atoms with Crippen molar-refractivity contribution in [1.29, 1.82) is 0 Å². The highest BCUT2D eigenvalue weighted by Crippen LogP contribution is 2.21. The fourth-order valence-electron chi connectivity index (χ4n) is 3.66. The molecule has 0 aliphatic carbocycles. The second-order valence-corrected chi connectivity index (χ2v) is 7.31. The van der Waals surface area contributed by atoms with E-state index in [0.717, 1.165) is 24.2 Å². The molecule has 1 aliphatic rings. The number of nitrogens with zero attached hydrogens (tertiary/aromatic N) is 1. The third-order valence-electron chi connectivity index (χ3n) is 5.30. The molecule has 1 saturated heterocycles. The van der Waals surface area contributed by atoms with Crippen LogP contribution >= 0.6 is 0 Å². The number of likely N-dealkylation sites (tertiary alicyclic amines) is 1. The van der Waals surface area contributed by atoms with Crippen LogP contribution in [0.25, 0.3) is 0 Å². The molecule has 154 valence electrons. The molecule has 0 radical (unpaired) electrons. The minimum absolute atomic E-state index is 0.0338. The van der Waals surface area contributed by atoms with E-state index in [4.69, 9.17) is 4.74 Å². The lowest BCUT2D eigenvalue weighted by atomic mass is 9.96. The molecule has 3 rings (SSSR count). The molecule has 0 saturated carbocycles. The van der Waals surface area contributed by atoms with Gasteiger partial charge in [0.2, 0.25) is 11.8 Å². The summed E-state index contributed by atoms with van der Waals surface area (Å²) >= 11 is 0. The quantitative estimate of drug-likeness (QED) is 0.694. The van der Waals surface area contributed by atoms with Gasteiger partial charge in [0, 0.05) is 31.6 Å². The third-order valence-corrected chi connectivity index (χ3v) is 5.30. The van der Waals surface area contributed by atoms with Crippen LogP contribution < -0.4 is 10.1 Å². The molecule has 1 aliphatic heterocycles. The minimum Gasteiger partial charge on any atom is -0.496 e. The number of ether oxygens (including phenoxy) is 1. The number of amides is 2. The number of rotatable bonds is 8. The highest BCUT2D eigenvalue weighted by Gasteiger charge is 2.30.